The number of hydrogen-bond acceptors (Lipinski definition) is 5. The van der Waals surface area contributed by atoms with Gasteiger partial charge in [0.15, 0.2) is 9.84 Å². The molecule has 1 aromatic carbocycles. The van der Waals surface area contributed by atoms with E-state index in [1.165, 1.54) is 0 Å². The molecule has 1 atom stereocenters. The Kier molecular flexibility index (Phi) is 4.67. The third-order valence-electron chi connectivity index (χ3n) is 5.45. The van der Waals surface area contributed by atoms with Gasteiger partial charge in [-0.3, -0.25) is 14.7 Å². The zero-order valence-electron chi connectivity index (χ0n) is 14.6. The van der Waals surface area contributed by atoms with Crippen molar-refractivity contribution >= 4 is 26.6 Å². The molecule has 2 fully saturated rings. The lowest BCUT2D eigenvalue weighted by molar-refractivity contribution is 0.0898. The van der Waals surface area contributed by atoms with E-state index in [1.54, 1.807) is 6.20 Å². The highest BCUT2D eigenvalue weighted by molar-refractivity contribution is 7.91. The fourth-order valence-electron chi connectivity index (χ4n) is 3.96. The zero-order valence-corrected chi connectivity index (χ0v) is 15.4. The minimum Gasteiger partial charge on any atom is -0.349 e. The van der Waals surface area contributed by atoms with E-state index in [2.05, 4.69) is 15.2 Å². The number of carbonyl (C=O) groups is 1. The molecule has 26 heavy (non-hydrogen) atoms. The monoisotopic (exact) mass is 373 g/mol. The molecule has 4 rings (SSSR count). The molecule has 3 heterocycles. The first-order valence-corrected chi connectivity index (χ1v) is 10.9. The number of benzene rings is 1. The van der Waals surface area contributed by atoms with Gasteiger partial charge in [-0.15, -0.1) is 0 Å². The van der Waals surface area contributed by atoms with Crippen molar-refractivity contribution < 1.29 is 13.2 Å². The van der Waals surface area contributed by atoms with Crippen LogP contribution >= 0.6 is 0 Å². The molecule has 0 radical (unpaired) electrons. The maximum Gasteiger partial charge on any atom is 0.251 e. The van der Waals surface area contributed by atoms with Crippen LogP contribution < -0.4 is 5.32 Å². The van der Waals surface area contributed by atoms with E-state index in [4.69, 9.17) is 0 Å². The zero-order chi connectivity index (χ0) is 18.1. The van der Waals surface area contributed by atoms with Crippen molar-refractivity contribution in [3.63, 3.8) is 0 Å². The minimum atomic E-state index is -2.85. The van der Waals surface area contributed by atoms with E-state index < -0.39 is 9.84 Å². The maximum absolute atomic E-state index is 12.6. The number of sulfone groups is 1. The van der Waals surface area contributed by atoms with Gasteiger partial charge >= 0.3 is 0 Å². The Bertz CT molecular complexity index is 921. The topological polar surface area (TPSA) is 79.4 Å². The summed E-state index contributed by atoms with van der Waals surface area (Å²) >= 11 is 0. The van der Waals surface area contributed by atoms with Gasteiger partial charge in [0.1, 0.15) is 0 Å². The molecule has 2 aliphatic heterocycles. The van der Waals surface area contributed by atoms with E-state index in [0.29, 0.717) is 11.3 Å². The van der Waals surface area contributed by atoms with Crippen molar-refractivity contribution in [2.45, 2.75) is 31.3 Å². The summed E-state index contributed by atoms with van der Waals surface area (Å²) in [6.45, 7) is 1.68. The van der Waals surface area contributed by atoms with Gasteiger partial charge in [0.05, 0.1) is 17.0 Å². The number of likely N-dealkylation sites (tertiary alicyclic amines) is 1. The van der Waals surface area contributed by atoms with Gasteiger partial charge in [-0.25, -0.2) is 8.42 Å². The summed E-state index contributed by atoms with van der Waals surface area (Å²) in [7, 11) is -2.85. The van der Waals surface area contributed by atoms with Crippen LogP contribution in [0.5, 0.6) is 0 Å². The highest BCUT2D eigenvalue weighted by Crippen LogP contribution is 2.22. The lowest BCUT2D eigenvalue weighted by atomic mass is 10.0. The predicted molar refractivity (Wildman–Crippen MR) is 101 cm³/mol. The SMILES string of the molecule is O=C(NC1CCN([C@H]2CCS(=O)(=O)C2)CC1)c1ccc2ncccc2c1. The van der Waals surface area contributed by atoms with Gasteiger partial charge in [-0.05, 0) is 43.5 Å². The van der Waals surface area contributed by atoms with Gasteiger partial charge in [-0.1, -0.05) is 6.07 Å². The average molecular weight is 373 g/mol. The Morgan fingerprint density at radius 1 is 1.15 bits per heavy atom. The van der Waals surface area contributed by atoms with Crippen LogP contribution in [0, 0.1) is 0 Å². The summed E-state index contributed by atoms with van der Waals surface area (Å²) < 4.78 is 23.3. The van der Waals surface area contributed by atoms with Crippen LogP contribution in [-0.4, -0.2) is 60.9 Å². The van der Waals surface area contributed by atoms with Crippen LogP contribution in [0.1, 0.15) is 29.6 Å². The summed E-state index contributed by atoms with van der Waals surface area (Å²) in [5, 5.41) is 4.08. The first-order chi connectivity index (χ1) is 12.5. The summed E-state index contributed by atoms with van der Waals surface area (Å²) in [5.41, 5.74) is 1.53. The second-order valence-electron chi connectivity index (χ2n) is 7.25. The highest BCUT2D eigenvalue weighted by atomic mass is 32.2. The predicted octanol–water partition coefficient (Wildman–Crippen LogP) is 1.62. The fourth-order valence-corrected chi connectivity index (χ4v) is 5.72. The quantitative estimate of drug-likeness (QED) is 0.884. The lowest BCUT2D eigenvalue weighted by Crippen LogP contribution is -2.48. The largest absolute Gasteiger partial charge is 0.349 e. The second-order valence-corrected chi connectivity index (χ2v) is 9.48. The molecule has 6 nitrogen and oxygen atoms in total. The van der Waals surface area contributed by atoms with Crippen molar-refractivity contribution in [2.75, 3.05) is 24.6 Å². The number of nitrogens with one attached hydrogen (secondary N) is 1. The van der Waals surface area contributed by atoms with Gasteiger partial charge < -0.3 is 5.32 Å². The van der Waals surface area contributed by atoms with Crippen LogP contribution in [-0.2, 0) is 9.84 Å². The molecular formula is C19H23N3O3S. The van der Waals surface area contributed by atoms with Crippen molar-refractivity contribution in [1.29, 1.82) is 0 Å². The number of nitrogens with zero attached hydrogens (tertiary/aromatic N) is 2. The summed E-state index contributed by atoms with van der Waals surface area (Å²) in [5.74, 6) is 0.540. The average Bonchev–Trinajstić information content (AvgIpc) is 3.02. The molecule has 0 saturated carbocycles. The molecular weight excluding hydrogens is 350 g/mol. The molecule has 0 bridgehead atoms. The van der Waals surface area contributed by atoms with Crippen LogP contribution in [0.25, 0.3) is 10.9 Å². The molecule has 0 spiro atoms. The van der Waals surface area contributed by atoms with Crippen LogP contribution in [0.15, 0.2) is 36.5 Å². The van der Waals surface area contributed by atoms with E-state index in [9.17, 15) is 13.2 Å². The Labute approximate surface area is 153 Å². The molecule has 0 aliphatic carbocycles. The molecule has 1 N–H and O–H groups in total. The van der Waals surface area contributed by atoms with Crippen LogP contribution in [0.2, 0.25) is 0 Å². The van der Waals surface area contributed by atoms with Crippen molar-refractivity contribution in [2.24, 2.45) is 0 Å². The lowest BCUT2D eigenvalue weighted by Gasteiger charge is -2.35. The molecule has 1 aromatic heterocycles. The van der Waals surface area contributed by atoms with E-state index >= 15 is 0 Å². The minimum absolute atomic E-state index is 0.0577. The number of carbonyl (C=O) groups excluding carboxylic acids is 1. The van der Waals surface area contributed by atoms with E-state index in [0.717, 1.165) is 43.3 Å². The van der Waals surface area contributed by atoms with Crippen molar-refractivity contribution in [3.8, 4) is 0 Å². The number of piperidine rings is 1. The summed E-state index contributed by atoms with van der Waals surface area (Å²) in [6.07, 6.45) is 4.20. The van der Waals surface area contributed by atoms with Gasteiger partial charge in [0.25, 0.3) is 5.91 Å². The molecule has 1 amide bonds. The molecule has 0 unspecified atom stereocenters. The highest BCUT2D eigenvalue weighted by Gasteiger charge is 2.34. The second kappa shape index (κ2) is 6.96. The Balaban J connectivity index is 1.34. The Morgan fingerprint density at radius 2 is 1.96 bits per heavy atom. The first kappa shape index (κ1) is 17.4. The number of aromatic nitrogens is 1. The molecule has 2 saturated heterocycles. The first-order valence-electron chi connectivity index (χ1n) is 9.10. The fraction of sp³-hybridized carbons (Fsp3) is 0.474. The third-order valence-corrected chi connectivity index (χ3v) is 7.21. The molecule has 138 valence electrons. The number of rotatable bonds is 3. The Hall–Kier alpha value is -1.99. The third kappa shape index (κ3) is 3.73. The van der Waals surface area contributed by atoms with Crippen molar-refractivity contribution in [1.82, 2.24) is 15.2 Å². The van der Waals surface area contributed by atoms with Gasteiger partial charge in [0, 0.05) is 42.3 Å². The van der Waals surface area contributed by atoms with Crippen molar-refractivity contribution in [3.05, 3.63) is 42.1 Å². The van der Waals surface area contributed by atoms with Gasteiger partial charge in [-0.2, -0.15) is 0 Å². The molecule has 7 heteroatoms. The standard InChI is InChI=1S/C19H23N3O3S/c23-19(15-3-4-18-14(12-15)2-1-8-20-18)21-16-5-9-22(10-6-16)17-7-11-26(24,25)13-17/h1-4,8,12,16-17H,5-7,9-11,13H2,(H,21,23)/t17-/m0/s1. The van der Waals surface area contributed by atoms with Crippen LogP contribution in [0.3, 0.4) is 0 Å². The normalized spacial score (nSPS) is 23.9. The van der Waals surface area contributed by atoms with E-state index in [1.807, 2.05) is 30.3 Å². The summed E-state index contributed by atoms with van der Waals surface area (Å²) in [4.78, 5) is 19.1. The van der Waals surface area contributed by atoms with E-state index in [-0.39, 0.29) is 23.7 Å². The smallest absolute Gasteiger partial charge is 0.251 e. The molecule has 2 aliphatic rings. The van der Waals surface area contributed by atoms with Crippen LogP contribution in [0.4, 0.5) is 0 Å². The summed E-state index contributed by atoms with van der Waals surface area (Å²) in [6, 6.07) is 9.66. The number of amides is 1. The Morgan fingerprint density at radius 3 is 2.69 bits per heavy atom. The number of hydrogen-bond donors (Lipinski definition) is 1. The maximum atomic E-state index is 12.6. The molecule has 2 aromatic rings. The number of fused-ring (bicyclic) bond motifs is 1. The van der Waals surface area contributed by atoms with Gasteiger partial charge in [0.2, 0.25) is 0 Å². The number of pyridine rings is 1.